The van der Waals surface area contributed by atoms with Crippen molar-refractivity contribution >= 4 is 5.91 Å². The Labute approximate surface area is 140 Å². The van der Waals surface area contributed by atoms with Crippen molar-refractivity contribution in [1.82, 2.24) is 24.2 Å². The standard InChI is InChI=1S/C16H23N5O3/c1-2-15-17-4-6-19(15)5-3-16(24)20-7-8-21-12(10-20)9-13(18-21)14(23)11-22/h4,6,9,14,22-23H,2-3,5,7-8,10-11H2,1H3. The van der Waals surface area contributed by atoms with Gasteiger partial charge in [0.05, 0.1) is 31.1 Å². The highest BCUT2D eigenvalue weighted by Gasteiger charge is 2.23. The number of aliphatic hydroxyl groups excluding tert-OH is 2. The van der Waals surface area contributed by atoms with Crippen LogP contribution in [0.15, 0.2) is 18.5 Å². The van der Waals surface area contributed by atoms with E-state index in [0.717, 1.165) is 17.9 Å². The number of carbonyl (C=O) groups is 1. The van der Waals surface area contributed by atoms with E-state index in [1.165, 1.54) is 0 Å². The molecule has 0 fully saturated rings. The Morgan fingerprint density at radius 2 is 2.25 bits per heavy atom. The zero-order valence-corrected chi connectivity index (χ0v) is 13.8. The first-order valence-electron chi connectivity index (χ1n) is 8.25. The second-order valence-corrected chi connectivity index (χ2v) is 5.94. The second-order valence-electron chi connectivity index (χ2n) is 5.94. The summed E-state index contributed by atoms with van der Waals surface area (Å²) in [6.07, 6.45) is 3.97. The number of nitrogens with zero attached hydrogens (tertiary/aromatic N) is 5. The van der Waals surface area contributed by atoms with Crippen LogP contribution in [0, 0.1) is 0 Å². The summed E-state index contributed by atoms with van der Waals surface area (Å²) in [6, 6.07) is 1.76. The van der Waals surface area contributed by atoms with Gasteiger partial charge in [-0.1, -0.05) is 6.92 Å². The average Bonchev–Trinajstić information content (AvgIpc) is 3.24. The third-order valence-corrected chi connectivity index (χ3v) is 4.37. The maximum Gasteiger partial charge on any atom is 0.224 e. The molecule has 1 unspecified atom stereocenters. The minimum Gasteiger partial charge on any atom is -0.393 e. The van der Waals surface area contributed by atoms with Gasteiger partial charge in [0.25, 0.3) is 0 Å². The fourth-order valence-electron chi connectivity index (χ4n) is 2.99. The molecule has 0 bridgehead atoms. The van der Waals surface area contributed by atoms with Crippen molar-refractivity contribution in [3.8, 4) is 0 Å². The molecule has 24 heavy (non-hydrogen) atoms. The predicted molar refractivity (Wildman–Crippen MR) is 85.9 cm³/mol. The van der Waals surface area contributed by atoms with E-state index in [0.29, 0.717) is 38.3 Å². The van der Waals surface area contributed by atoms with Gasteiger partial charge in [-0.25, -0.2) is 4.98 Å². The van der Waals surface area contributed by atoms with Gasteiger partial charge in [0.2, 0.25) is 5.91 Å². The van der Waals surface area contributed by atoms with Crippen molar-refractivity contribution < 1.29 is 15.0 Å². The molecule has 0 radical (unpaired) electrons. The lowest BCUT2D eigenvalue weighted by molar-refractivity contribution is -0.132. The fraction of sp³-hybridized carbons (Fsp3) is 0.562. The summed E-state index contributed by atoms with van der Waals surface area (Å²) in [7, 11) is 0. The van der Waals surface area contributed by atoms with Gasteiger partial charge < -0.3 is 19.7 Å². The molecule has 3 heterocycles. The third kappa shape index (κ3) is 3.34. The van der Waals surface area contributed by atoms with Gasteiger partial charge in [0, 0.05) is 38.3 Å². The monoisotopic (exact) mass is 333 g/mol. The Hall–Kier alpha value is -2.19. The SMILES string of the molecule is CCc1nccn1CCC(=O)N1CCn2nc(C(O)CO)cc2C1. The molecule has 1 aliphatic heterocycles. The minimum absolute atomic E-state index is 0.0995. The van der Waals surface area contributed by atoms with Gasteiger partial charge in [0.1, 0.15) is 11.9 Å². The number of amides is 1. The van der Waals surface area contributed by atoms with E-state index >= 15 is 0 Å². The molecule has 0 saturated carbocycles. The van der Waals surface area contributed by atoms with Gasteiger partial charge in [0.15, 0.2) is 0 Å². The van der Waals surface area contributed by atoms with E-state index in [9.17, 15) is 9.90 Å². The quantitative estimate of drug-likeness (QED) is 0.782. The number of aliphatic hydroxyl groups is 2. The van der Waals surface area contributed by atoms with Gasteiger partial charge in [-0.15, -0.1) is 0 Å². The minimum atomic E-state index is -0.971. The number of aromatic nitrogens is 4. The Kier molecular flexibility index (Phi) is 4.96. The van der Waals surface area contributed by atoms with Crippen LogP contribution >= 0.6 is 0 Å². The van der Waals surface area contributed by atoms with Crippen LogP contribution in [0.25, 0.3) is 0 Å². The molecule has 130 valence electrons. The molecule has 8 heteroatoms. The van der Waals surface area contributed by atoms with Crippen molar-refractivity contribution in [2.24, 2.45) is 0 Å². The molecule has 0 saturated heterocycles. The number of carbonyl (C=O) groups excluding carboxylic acids is 1. The van der Waals surface area contributed by atoms with E-state index in [2.05, 4.69) is 10.1 Å². The zero-order valence-electron chi connectivity index (χ0n) is 13.8. The van der Waals surface area contributed by atoms with Crippen molar-refractivity contribution in [2.45, 2.75) is 45.5 Å². The zero-order chi connectivity index (χ0) is 17.1. The maximum absolute atomic E-state index is 12.5. The fourth-order valence-corrected chi connectivity index (χ4v) is 2.99. The molecule has 1 amide bonds. The molecule has 0 aromatic carbocycles. The van der Waals surface area contributed by atoms with Crippen molar-refractivity contribution in [2.75, 3.05) is 13.2 Å². The molecule has 0 spiro atoms. The summed E-state index contributed by atoms with van der Waals surface area (Å²) >= 11 is 0. The normalized spacial score (nSPS) is 15.4. The Bertz CT molecular complexity index is 708. The number of fused-ring (bicyclic) bond motifs is 1. The summed E-state index contributed by atoms with van der Waals surface area (Å²) in [5.74, 6) is 1.09. The number of hydrogen-bond acceptors (Lipinski definition) is 5. The highest BCUT2D eigenvalue weighted by molar-refractivity contribution is 5.76. The van der Waals surface area contributed by atoms with Crippen molar-refractivity contribution in [1.29, 1.82) is 0 Å². The van der Waals surface area contributed by atoms with Crippen molar-refractivity contribution in [3.63, 3.8) is 0 Å². The van der Waals surface area contributed by atoms with E-state index < -0.39 is 6.10 Å². The molecule has 1 atom stereocenters. The molecule has 2 aromatic rings. The molecule has 1 aliphatic rings. The number of hydrogen-bond donors (Lipinski definition) is 2. The first-order valence-corrected chi connectivity index (χ1v) is 8.25. The summed E-state index contributed by atoms with van der Waals surface area (Å²) in [6.45, 7) is 4.01. The van der Waals surface area contributed by atoms with Crippen LogP contribution in [0.4, 0.5) is 0 Å². The van der Waals surface area contributed by atoms with Crippen LogP contribution in [0.3, 0.4) is 0 Å². The van der Waals surface area contributed by atoms with Gasteiger partial charge in [-0.2, -0.15) is 5.10 Å². The predicted octanol–water partition coefficient (Wildman–Crippen LogP) is 0.100. The topological polar surface area (TPSA) is 96.4 Å². The Balaban J connectivity index is 1.60. The first kappa shape index (κ1) is 16.7. The van der Waals surface area contributed by atoms with E-state index in [4.69, 9.17) is 5.11 Å². The Morgan fingerprint density at radius 1 is 1.42 bits per heavy atom. The van der Waals surface area contributed by atoms with Crippen LogP contribution < -0.4 is 0 Å². The summed E-state index contributed by atoms with van der Waals surface area (Å²) in [4.78, 5) is 18.6. The molecule has 8 nitrogen and oxygen atoms in total. The molecule has 3 rings (SSSR count). The van der Waals surface area contributed by atoms with E-state index in [-0.39, 0.29) is 12.5 Å². The highest BCUT2D eigenvalue weighted by Crippen LogP contribution is 2.18. The molecule has 2 N–H and O–H groups in total. The lowest BCUT2D eigenvalue weighted by Gasteiger charge is -2.27. The smallest absolute Gasteiger partial charge is 0.224 e. The summed E-state index contributed by atoms with van der Waals surface area (Å²) in [5.41, 5.74) is 1.33. The van der Waals surface area contributed by atoms with Crippen LogP contribution in [-0.2, 0) is 30.8 Å². The molecular formula is C16H23N5O3. The Morgan fingerprint density at radius 3 is 3.00 bits per heavy atom. The summed E-state index contributed by atoms with van der Waals surface area (Å²) in [5, 5.41) is 23.0. The number of aryl methyl sites for hydroxylation is 2. The van der Waals surface area contributed by atoms with Gasteiger partial charge >= 0.3 is 0 Å². The third-order valence-electron chi connectivity index (χ3n) is 4.37. The maximum atomic E-state index is 12.5. The first-order chi connectivity index (χ1) is 11.6. The second kappa shape index (κ2) is 7.14. The van der Waals surface area contributed by atoms with Crippen LogP contribution in [0.5, 0.6) is 0 Å². The van der Waals surface area contributed by atoms with Crippen LogP contribution in [0.2, 0.25) is 0 Å². The lowest BCUT2D eigenvalue weighted by atomic mass is 10.2. The number of rotatable bonds is 6. The average molecular weight is 333 g/mol. The number of imidazole rings is 1. The molecular weight excluding hydrogens is 310 g/mol. The van der Waals surface area contributed by atoms with Gasteiger partial charge in [-0.05, 0) is 6.07 Å². The van der Waals surface area contributed by atoms with E-state index in [1.807, 2.05) is 22.6 Å². The summed E-state index contributed by atoms with van der Waals surface area (Å²) < 4.78 is 3.81. The molecule has 2 aromatic heterocycles. The highest BCUT2D eigenvalue weighted by atomic mass is 16.3. The molecule has 0 aliphatic carbocycles. The van der Waals surface area contributed by atoms with Crippen LogP contribution in [-0.4, -0.2) is 53.5 Å². The lowest BCUT2D eigenvalue weighted by Crippen LogP contribution is -2.38. The van der Waals surface area contributed by atoms with Crippen molar-refractivity contribution in [3.05, 3.63) is 35.7 Å². The largest absolute Gasteiger partial charge is 0.393 e. The van der Waals surface area contributed by atoms with Gasteiger partial charge in [-0.3, -0.25) is 9.48 Å². The van der Waals surface area contributed by atoms with E-state index in [1.54, 1.807) is 16.9 Å². The van der Waals surface area contributed by atoms with Crippen LogP contribution in [0.1, 0.15) is 36.7 Å².